The Morgan fingerprint density at radius 2 is 2.19 bits per heavy atom. The van der Waals surface area contributed by atoms with Crippen molar-refractivity contribution in [1.29, 1.82) is 0 Å². The lowest BCUT2D eigenvalue weighted by Crippen LogP contribution is -2.15. The minimum Gasteiger partial charge on any atom is -0.397 e. The van der Waals surface area contributed by atoms with Gasteiger partial charge in [-0.2, -0.15) is 8.42 Å². The lowest BCUT2D eigenvalue weighted by molar-refractivity contribution is 0.597. The number of nitrogen functional groups attached to an aromatic ring is 1. The summed E-state index contributed by atoms with van der Waals surface area (Å²) in [7, 11) is -3.78. The summed E-state index contributed by atoms with van der Waals surface area (Å²) in [6.07, 6.45) is 3.80. The molecule has 0 bridgehead atoms. The number of sulfonamides is 1. The van der Waals surface area contributed by atoms with Crippen molar-refractivity contribution in [3.05, 3.63) is 28.8 Å². The first-order chi connectivity index (χ1) is 9.83. The number of rotatable bonds is 5. The zero-order chi connectivity index (χ0) is 15.6. The van der Waals surface area contributed by atoms with E-state index in [1.807, 2.05) is 6.92 Å². The molecule has 0 spiro atoms. The van der Waals surface area contributed by atoms with Crippen molar-refractivity contribution in [1.82, 2.24) is 14.5 Å². The van der Waals surface area contributed by atoms with E-state index < -0.39 is 10.0 Å². The summed E-state index contributed by atoms with van der Waals surface area (Å²) in [5.41, 5.74) is 6.01. The van der Waals surface area contributed by atoms with E-state index in [9.17, 15) is 8.42 Å². The Bertz CT molecular complexity index is 757. The third-order valence-electron chi connectivity index (χ3n) is 2.79. The maximum atomic E-state index is 12.3. The highest BCUT2D eigenvalue weighted by Gasteiger charge is 2.21. The van der Waals surface area contributed by atoms with E-state index >= 15 is 0 Å². The molecule has 2 aromatic rings. The second kappa shape index (κ2) is 6.02. The van der Waals surface area contributed by atoms with Gasteiger partial charge in [-0.15, -0.1) is 0 Å². The molecule has 0 unspecified atom stereocenters. The standard InChI is InChI=1S/C12H16BrN5O2S/c1-3-4-18-7-11(16-8(18)2)21(19,20)17-12-10(13)5-9(14)6-15-12/h5-7H,3-4,14H2,1-2H3,(H,15,17). The molecular weight excluding hydrogens is 358 g/mol. The summed E-state index contributed by atoms with van der Waals surface area (Å²) in [4.78, 5) is 8.05. The van der Waals surface area contributed by atoms with Crippen LogP contribution >= 0.6 is 15.9 Å². The second-order valence-electron chi connectivity index (χ2n) is 4.52. The van der Waals surface area contributed by atoms with Crippen LogP contribution in [-0.4, -0.2) is 23.0 Å². The van der Waals surface area contributed by atoms with Crippen molar-refractivity contribution in [2.45, 2.75) is 31.8 Å². The molecule has 0 fully saturated rings. The largest absolute Gasteiger partial charge is 0.397 e. The molecule has 7 nitrogen and oxygen atoms in total. The summed E-state index contributed by atoms with van der Waals surface area (Å²) in [6.45, 7) is 4.51. The maximum Gasteiger partial charge on any atom is 0.282 e. The van der Waals surface area contributed by atoms with Gasteiger partial charge in [-0.05, 0) is 35.3 Å². The van der Waals surface area contributed by atoms with Gasteiger partial charge in [0.1, 0.15) is 5.82 Å². The molecule has 9 heteroatoms. The third-order valence-corrected chi connectivity index (χ3v) is 4.60. The molecule has 0 atom stereocenters. The van der Waals surface area contributed by atoms with E-state index in [-0.39, 0.29) is 10.8 Å². The number of halogens is 1. The van der Waals surface area contributed by atoms with Crippen molar-refractivity contribution in [3.63, 3.8) is 0 Å². The lowest BCUT2D eigenvalue weighted by Gasteiger charge is -2.07. The summed E-state index contributed by atoms with van der Waals surface area (Å²) >= 11 is 3.22. The molecule has 0 radical (unpaired) electrons. The van der Waals surface area contributed by atoms with Gasteiger partial charge in [-0.25, -0.2) is 9.97 Å². The van der Waals surface area contributed by atoms with Gasteiger partial charge in [-0.1, -0.05) is 6.92 Å². The van der Waals surface area contributed by atoms with Crippen molar-refractivity contribution >= 4 is 37.5 Å². The van der Waals surface area contributed by atoms with Crippen LogP contribution in [0.3, 0.4) is 0 Å². The fraction of sp³-hybridized carbons (Fsp3) is 0.333. The van der Waals surface area contributed by atoms with Crippen LogP contribution in [0.2, 0.25) is 0 Å². The average molecular weight is 374 g/mol. The number of hydrogen-bond acceptors (Lipinski definition) is 5. The van der Waals surface area contributed by atoms with Gasteiger partial charge in [-0.3, -0.25) is 4.72 Å². The van der Waals surface area contributed by atoms with Crippen LogP contribution in [0.4, 0.5) is 11.5 Å². The molecule has 0 aromatic carbocycles. The van der Waals surface area contributed by atoms with Gasteiger partial charge in [0.25, 0.3) is 10.0 Å². The van der Waals surface area contributed by atoms with Crippen molar-refractivity contribution in [2.75, 3.05) is 10.5 Å². The quantitative estimate of drug-likeness (QED) is 0.835. The first-order valence-corrected chi connectivity index (χ1v) is 8.58. The SMILES string of the molecule is CCCn1cc(S(=O)(=O)Nc2ncc(N)cc2Br)nc1C. The zero-order valence-electron chi connectivity index (χ0n) is 11.7. The van der Waals surface area contributed by atoms with Crippen LogP contribution in [0.15, 0.2) is 28.0 Å². The highest BCUT2D eigenvalue weighted by atomic mass is 79.9. The zero-order valence-corrected chi connectivity index (χ0v) is 14.1. The van der Waals surface area contributed by atoms with Crippen LogP contribution in [0.25, 0.3) is 0 Å². The summed E-state index contributed by atoms with van der Waals surface area (Å²) in [5, 5.41) is -0.0287. The number of nitrogens with two attached hydrogens (primary N) is 1. The number of aryl methyl sites for hydroxylation is 2. The van der Waals surface area contributed by atoms with Gasteiger partial charge >= 0.3 is 0 Å². The van der Waals surface area contributed by atoms with Crippen molar-refractivity contribution < 1.29 is 8.42 Å². The number of pyridine rings is 1. The van der Waals surface area contributed by atoms with Gasteiger partial charge < -0.3 is 10.3 Å². The molecular formula is C12H16BrN5O2S. The molecule has 21 heavy (non-hydrogen) atoms. The topological polar surface area (TPSA) is 103 Å². The summed E-state index contributed by atoms with van der Waals surface area (Å²) in [6, 6.07) is 1.58. The van der Waals surface area contributed by atoms with Crippen LogP contribution in [0.5, 0.6) is 0 Å². The van der Waals surface area contributed by atoms with Crippen LogP contribution < -0.4 is 10.5 Å². The molecule has 2 heterocycles. The number of aromatic nitrogens is 3. The first kappa shape index (κ1) is 15.8. The maximum absolute atomic E-state index is 12.3. The predicted molar refractivity (Wildman–Crippen MR) is 84.4 cm³/mol. The number of nitrogens with zero attached hydrogens (tertiary/aromatic N) is 3. The lowest BCUT2D eigenvalue weighted by atomic mass is 10.4. The molecule has 0 aliphatic rings. The second-order valence-corrected chi connectivity index (χ2v) is 7.01. The minimum atomic E-state index is -3.78. The third kappa shape index (κ3) is 3.53. The van der Waals surface area contributed by atoms with E-state index in [2.05, 4.69) is 30.6 Å². The Kier molecular flexibility index (Phi) is 4.52. The molecule has 114 valence electrons. The fourth-order valence-corrected chi connectivity index (χ4v) is 3.42. The number of hydrogen-bond donors (Lipinski definition) is 2. The van der Waals surface area contributed by atoms with Crippen molar-refractivity contribution in [3.8, 4) is 0 Å². The van der Waals surface area contributed by atoms with Crippen molar-refractivity contribution in [2.24, 2.45) is 0 Å². The summed E-state index contributed by atoms with van der Waals surface area (Å²) in [5.74, 6) is 0.827. The molecule has 0 saturated heterocycles. The van der Waals surface area contributed by atoms with E-state index in [1.165, 1.54) is 12.4 Å². The molecule has 2 aromatic heterocycles. The Morgan fingerprint density at radius 3 is 2.81 bits per heavy atom. The Labute approximate surface area is 131 Å². The number of anilines is 2. The monoisotopic (exact) mass is 373 g/mol. The Morgan fingerprint density at radius 1 is 1.48 bits per heavy atom. The highest BCUT2D eigenvalue weighted by Crippen LogP contribution is 2.24. The van der Waals surface area contributed by atoms with E-state index in [1.54, 1.807) is 17.6 Å². The highest BCUT2D eigenvalue weighted by molar-refractivity contribution is 9.10. The average Bonchev–Trinajstić information content (AvgIpc) is 2.76. The Balaban J connectivity index is 2.32. The smallest absolute Gasteiger partial charge is 0.282 e. The molecule has 0 amide bonds. The van der Waals surface area contributed by atoms with Gasteiger partial charge in [0.2, 0.25) is 0 Å². The molecule has 0 saturated carbocycles. The summed E-state index contributed by atoms with van der Waals surface area (Å²) < 4.78 is 29.3. The minimum absolute atomic E-state index is 0.0287. The molecule has 3 N–H and O–H groups in total. The first-order valence-electron chi connectivity index (χ1n) is 6.31. The van der Waals surface area contributed by atoms with E-state index in [4.69, 9.17) is 5.73 Å². The van der Waals surface area contributed by atoms with Crippen LogP contribution in [0, 0.1) is 6.92 Å². The van der Waals surface area contributed by atoms with Crippen LogP contribution in [0.1, 0.15) is 19.2 Å². The Hall–Kier alpha value is -1.61. The molecule has 2 rings (SSSR count). The van der Waals surface area contributed by atoms with E-state index in [0.717, 1.165) is 13.0 Å². The van der Waals surface area contributed by atoms with Gasteiger partial charge in [0.15, 0.2) is 10.8 Å². The predicted octanol–water partition coefficient (Wildman–Crippen LogP) is 2.14. The molecule has 0 aliphatic heterocycles. The number of imidazole rings is 1. The fourth-order valence-electron chi connectivity index (χ4n) is 1.78. The van der Waals surface area contributed by atoms with Crippen LogP contribution in [-0.2, 0) is 16.6 Å². The van der Waals surface area contributed by atoms with E-state index in [0.29, 0.717) is 16.0 Å². The van der Waals surface area contributed by atoms with Gasteiger partial charge in [0, 0.05) is 12.7 Å². The number of nitrogens with one attached hydrogen (secondary N) is 1. The van der Waals surface area contributed by atoms with Gasteiger partial charge in [0.05, 0.1) is 16.4 Å². The molecule has 0 aliphatic carbocycles. The normalized spacial score (nSPS) is 11.6.